The highest BCUT2D eigenvalue weighted by Gasteiger charge is 2.47. The summed E-state index contributed by atoms with van der Waals surface area (Å²) in [4.78, 5) is 25.8. The van der Waals surface area contributed by atoms with E-state index in [0.29, 0.717) is 40.8 Å². The van der Waals surface area contributed by atoms with E-state index in [9.17, 15) is 15.0 Å². The third-order valence-corrected chi connectivity index (χ3v) is 9.98. The smallest absolute Gasteiger partial charge is 0.254 e. The van der Waals surface area contributed by atoms with E-state index >= 15 is 0 Å². The van der Waals surface area contributed by atoms with Crippen LogP contribution in [-0.4, -0.2) is 65.9 Å². The zero-order valence-corrected chi connectivity index (χ0v) is 24.9. The molecule has 3 atom stereocenters. The number of nitrogens with two attached hydrogens (primary N) is 1. The Hall–Kier alpha value is -4.41. The summed E-state index contributed by atoms with van der Waals surface area (Å²) in [5.74, 6) is 2.38. The van der Waals surface area contributed by atoms with Crippen LogP contribution in [0.15, 0.2) is 48.5 Å². The molecule has 1 aliphatic heterocycles. The van der Waals surface area contributed by atoms with Crippen LogP contribution >= 0.6 is 0 Å². The van der Waals surface area contributed by atoms with Gasteiger partial charge in [-0.2, -0.15) is 0 Å². The molecule has 2 aromatic carbocycles. The Labute approximate surface area is 254 Å². The number of pyridine rings is 1. The molecule has 10 heteroatoms. The van der Waals surface area contributed by atoms with E-state index in [0.717, 1.165) is 58.7 Å². The molecule has 8 rings (SSSR count). The first-order valence-corrected chi connectivity index (χ1v) is 15.4. The summed E-state index contributed by atoms with van der Waals surface area (Å²) in [6.45, 7) is 1.31. The minimum Gasteiger partial charge on any atom is -0.508 e. The summed E-state index contributed by atoms with van der Waals surface area (Å²) in [6, 6.07) is 15.2. The molecule has 1 saturated heterocycles. The van der Waals surface area contributed by atoms with Crippen molar-refractivity contribution in [1.29, 1.82) is 0 Å². The van der Waals surface area contributed by atoms with Crippen LogP contribution in [0.25, 0.3) is 44.8 Å². The van der Waals surface area contributed by atoms with Gasteiger partial charge in [0.1, 0.15) is 22.7 Å². The van der Waals surface area contributed by atoms with Gasteiger partial charge in [0.2, 0.25) is 0 Å². The second-order valence-electron chi connectivity index (χ2n) is 12.7. The highest BCUT2D eigenvalue weighted by Crippen LogP contribution is 2.40. The summed E-state index contributed by atoms with van der Waals surface area (Å²) in [7, 11) is 3.61. The van der Waals surface area contributed by atoms with Crippen molar-refractivity contribution in [3.05, 3.63) is 59.7 Å². The highest BCUT2D eigenvalue weighted by atomic mass is 16.5. The molecule has 2 unspecified atom stereocenters. The summed E-state index contributed by atoms with van der Waals surface area (Å²) in [6.07, 6.45) is 4.41. The van der Waals surface area contributed by atoms with Gasteiger partial charge in [-0.1, -0.05) is 12.1 Å². The predicted molar refractivity (Wildman–Crippen MR) is 167 cm³/mol. The van der Waals surface area contributed by atoms with E-state index in [4.69, 9.17) is 20.4 Å². The number of piperidine rings is 1. The number of nitrogens with zero attached hydrogens (tertiary/aromatic N) is 5. The van der Waals surface area contributed by atoms with Crippen LogP contribution in [0.3, 0.4) is 0 Å². The minimum absolute atomic E-state index is 0.0160. The maximum atomic E-state index is 13.7. The molecule has 3 fully saturated rings. The number of hydrogen-bond acceptors (Lipinski definition) is 7. The van der Waals surface area contributed by atoms with Gasteiger partial charge < -0.3 is 34.7 Å². The second kappa shape index (κ2) is 10.1. The quantitative estimate of drug-likeness (QED) is 0.255. The van der Waals surface area contributed by atoms with Gasteiger partial charge in [-0.3, -0.25) is 4.79 Å². The lowest BCUT2D eigenvalue weighted by molar-refractivity contribution is 0.0700. The SMILES string of the molecule is COc1cc(C(=O)N2CC3CCC2[C@@H]3N)cc2nc(-c3cc4ccc(-c5ccc(CO)c(O)c5)nc4n3CC3CC3)n(C)c12. The Bertz CT molecular complexity index is 1960. The summed E-state index contributed by atoms with van der Waals surface area (Å²) >= 11 is 0. The molecule has 3 aliphatic rings. The molecule has 226 valence electrons. The Morgan fingerprint density at radius 3 is 2.59 bits per heavy atom. The van der Waals surface area contributed by atoms with Gasteiger partial charge in [-0.05, 0) is 73.9 Å². The Kier molecular flexibility index (Phi) is 6.22. The first-order valence-electron chi connectivity index (χ1n) is 15.4. The maximum Gasteiger partial charge on any atom is 0.254 e. The Morgan fingerprint density at radius 2 is 1.91 bits per heavy atom. The molecule has 0 radical (unpaired) electrons. The Balaban J connectivity index is 1.23. The number of likely N-dealkylation sites (tertiary alicyclic amines) is 1. The topological polar surface area (TPSA) is 132 Å². The van der Waals surface area contributed by atoms with Gasteiger partial charge in [0, 0.05) is 54.3 Å². The van der Waals surface area contributed by atoms with E-state index < -0.39 is 0 Å². The lowest BCUT2D eigenvalue weighted by atomic mass is 10.1. The predicted octanol–water partition coefficient (Wildman–Crippen LogP) is 4.44. The van der Waals surface area contributed by atoms with E-state index in [2.05, 4.69) is 16.7 Å². The highest BCUT2D eigenvalue weighted by molar-refractivity contribution is 6.00. The number of aromatic nitrogens is 4. The number of methoxy groups -OCH3 is 1. The number of ether oxygens (including phenoxy) is 1. The fourth-order valence-electron chi connectivity index (χ4n) is 7.34. The molecule has 4 heterocycles. The van der Waals surface area contributed by atoms with Crippen LogP contribution in [0.4, 0.5) is 0 Å². The normalized spacial score (nSPS) is 21.2. The zero-order chi connectivity index (χ0) is 30.3. The molecule has 2 bridgehead atoms. The van der Waals surface area contributed by atoms with Gasteiger partial charge in [0.05, 0.1) is 30.6 Å². The molecule has 2 aliphatic carbocycles. The summed E-state index contributed by atoms with van der Waals surface area (Å²) in [5, 5.41) is 20.8. The molecule has 4 N–H and O–H groups in total. The van der Waals surface area contributed by atoms with E-state index in [1.165, 1.54) is 12.8 Å². The third-order valence-electron chi connectivity index (χ3n) is 9.98. The molecule has 0 spiro atoms. The van der Waals surface area contributed by atoms with E-state index in [-0.39, 0.29) is 30.3 Å². The average molecular weight is 593 g/mol. The van der Waals surface area contributed by atoms with Gasteiger partial charge in [0.25, 0.3) is 5.91 Å². The summed E-state index contributed by atoms with van der Waals surface area (Å²) in [5.41, 5.74) is 12.3. The van der Waals surface area contributed by atoms with Crippen molar-refractivity contribution >= 4 is 28.0 Å². The first kappa shape index (κ1) is 27.2. The van der Waals surface area contributed by atoms with Crippen LogP contribution in [-0.2, 0) is 20.2 Å². The van der Waals surface area contributed by atoms with Gasteiger partial charge >= 0.3 is 0 Å². The molecule has 2 saturated carbocycles. The van der Waals surface area contributed by atoms with Gasteiger partial charge in [-0.25, -0.2) is 9.97 Å². The van der Waals surface area contributed by atoms with Crippen molar-refractivity contribution in [3.8, 4) is 34.3 Å². The standard InChI is InChI=1S/C34H36N6O4/c1-38-31-25(11-23(14-29(31)44-2)34(43)40-16-21-8-10-26(40)30(21)35)37-33(38)27-12-20-7-9-24(19-5-6-22(17-41)28(42)13-19)36-32(20)39(27)15-18-3-4-18/h5-7,9,11-14,18,21,26,30,41-42H,3-4,8,10,15-17,35H2,1-2H3/t21?,26?,30-/m1/s1. The van der Waals surface area contributed by atoms with Gasteiger partial charge in [-0.15, -0.1) is 0 Å². The largest absolute Gasteiger partial charge is 0.508 e. The number of fused-ring (bicyclic) bond motifs is 4. The fraction of sp³-hybridized carbons (Fsp3) is 0.382. The number of phenols is 1. The zero-order valence-electron chi connectivity index (χ0n) is 24.9. The molecule has 10 nitrogen and oxygen atoms in total. The number of aromatic hydroxyl groups is 1. The second-order valence-corrected chi connectivity index (χ2v) is 12.7. The van der Waals surface area contributed by atoms with E-state index in [1.807, 2.05) is 40.8 Å². The number of imidazole rings is 1. The number of rotatable bonds is 7. The summed E-state index contributed by atoms with van der Waals surface area (Å²) < 4.78 is 10.1. The number of carbonyl (C=O) groups excluding carboxylic acids is 1. The number of benzene rings is 2. The van der Waals surface area contributed by atoms with Crippen molar-refractivity contribution in [3.63, 3.8) is 0 Å². The lowest BCUT2D eigenvalue weighted by Gasteiger charge is -2.27. The number of carbonyl (C=O) groups is 1. The van der Waals surface area contributed by atoms with Crippen LogP contribution in [0.5, 0.6) is 11.5 Å². The van der Waals surface area contributed by atoms with Crippen molar-refractivity contribution < 1.29 is 19.7 Å². The van der Waals surface area contributed by atoms with Crippen molar-refractivity contribution in [2.24, 2.45) is 24.6 Å². The van der Waals surface area contributed by atoms with E-state index in [1.54, 1.807) is 19.2 Å². The van der Waals surface area contributed by atoms with Crippen LogP contribution in [0.2, 0.25) is 0 Å². The first-order chi connectivity index (χ1) is 21.3. The minimum atomic E-state index is -0.224. The molecular formula is C34H36N6O4. The Morgan fingerprint density at radius 1 is 1.07 bits per heavy atom. The van der Waals surface area contributed by atoms with Crippen molar-refractivity contribution in [1.82, 2.24) is 24.0 Å². The molecule has 5 aromatic rings. The maximum absolute atomic E-state index is 13.7. The van der Waals surface area contributed by atoms with Crippen molar-refractivity contribution in [2.45, 2.75) is 50.9 Å². The third kappa shape index (κ3) is 4.19. The fourth-order valence-corrected chi connectivity index (χ4v) is 7.34. The number of aliphatic hydroxyl groups is 1. The molecule has 44 heavy (non-hydrogen) atoms. The number of amides is 1. The van der Waals surface area contributed by atoms with Crippen LogP contribution in [0.1, 0.15) is 41.6 Å². The van der Waals surface area contributed by atoms with Gasteiger partial charge in [0.15, 0.2) is 5.82 Å². The molecular weight excluding hydrogens is 556 g/mol. The molecule has 1 amide bonds. The monoisotopic (exact) mass is 592 g/mol. The van der Waals surface area contributed by atoms with Crippen LogP contribution in [0, 0.1) is 11.8 Å². The van der Waals surface area contributed by atoms with Crippen molar-refractivity contribution in [2.75, 3.05) is 13.7 Å². The number of aliphatic hydroxyl groups excluding tert-OH is 1. The van der Waals surface area contributed by atoms with Crippen LogP contribution < -0.4 is 10.5 Å². The average Bonchev–Trinajstić information content (AvgIpc) is 3.44. The molecule has 3 aromatic heterocycles. The number of hydrogen-bond donors (Lipinski definition) is 3. The lowest BCUT2D eigenvalue weighted by Crippen LogP contribution is -2.41. The number of aryl methyl sites for hydroxylation is 1.